The van der Waals surface area contributed by atoms with Gasteiger partial charge in [0, 0.05) is 5.69 Å². The van der Waals surface area contributed by atoms with Crippen molar-refractivity contribution in [3.8, 4) is 17.6 Å². The molecule has 0 aliphatic carbocycles. The second-order valence-electron chi connectivity index (χ2n) is 5.84. The van der Waals surface area contributed by atoms with Gasteiger partial charge in [0.2, 0.25) is 0 Å². The van der Waals surface area contributed by atoms with E-state index in [1.54, 1.807) is 12.1 Å². The molecule has 0 bridgehead atoms. The van der Waals surface area contributed by atoms with Crippen molar-refractivity contribution in [1.82, 2.24) is 0 Å². The van der Waals surface area contributed by atoms with Crippen molar-refractivity contribution in [2.24, 2.45) is 0 Å². The lowest BCUT2D eigenvalue weighted by molar-refractivity contribution is -0.142. The molecule has 2 aromatic rings. The lowest BCUT2D eigenvalue weighted by Crippen LogP contribution is -2.14. The van der Waals surface area contributed by atoms with Crippen LogP contribution in [0.5, 0.6) is 11.5 Å². The van der Waals surface area contributed by atoms with Gasteiger partial charge in [-0.1, -0.05) is 29.8 Å². The average molecular weight is 415 g/mol. The summed E-state index contributed by atoms with van der Waals surface area (Å²) in [6, 6.07) is 12.2. The smallest absolute Gasteiger partial charge is 0.343 e. The zero-order valence-electron chi connectivity index (χ0n) is 16.1. The molecule has 0 spiro atoms. The Bertz CT molecular complexity index is 995. The number of nitriles is 1. The molecule has 0 heterocycles. The molecule has 8 heteroatoms. The molecule has 150 valence electrons. The Kier molecular flexibility index (Phi) is 7.63. The number of carbonyl (C=O) groups is 2. The van der Waals surface area contributed by atoms with Crippen LogP contribution in [0.15, 0.2) is 42.0 Å². The predicted octanol–water partition coefficient (Wildman–Crippen LogP) is 3.75. The molecule has 1 N–H and O–H groups in total. The second-order valence-corrected chi connectivity index (χ2v) is 6.24. The van der Waals surface area contributed by atoms with E-state index in [-0.39, 0.29) is 28.7 Å². The summed E-state index contributed by atoms with van der Waals surface area (Å²) >= 11 is 6.23. The summed E-state index contributed by atoms with van der Waals surface area (Å²) in [5, 5.41) is 12.3. The molecule has 0 unspecified atom stereocenters. The highest BCUT2D eigenvalue weighted by Crippen LogP contribution is 2.37. The van der Waals surface area contributed by atoms with Gasteiger partial charge >= 0.3 is 5.97 Å². The van der Waals surface area contributed by atoms with Crippen LogP contribution in [0.4, 0.5) is 5.69 Å². The highest BCUT2D eigenvalue weighted by Gasteiger charge is 2.16. The molecule has 0 aliphatic heterocycles. The van der Waals surface area contributed by atoms with Crippen LogP contribution in [0.2, 0.25) is 5.02 Å². The number of carbonyl (C=O) groups excluding carboxylic acids is 2. The second kappa shape index (κ2) is 10.2. The normalized spacial score (nSPS) is 10.7. The van der Waals surface area contributed by atoms with Gasteiger partial charge in [0.05, 0.1) is 19.2 Å². The number of nitrogens with zero attached hydrogens (tertiary/aromatic N) is 1. The number of para-hydroxylation sites is 1. The molecule has 0 aliphatic rings. The van der Waals surface area contributed by atoms with E-state index in [1.807, 2.05) is 25.1 Å². The Morgan fingerprint density at radius 2 is 1.97 bits per heavy atom. The lowest BCUT2D eigenvalue weighted by atomic mass is 10.1. The van der Waals surface area contributed by atoms with Crippen LogP contribution >= 0.6 is 11.6 Å². The fraction of sp³-hybridized carbons (Fsp3) is 0.190. The number of esters is 1. The monoisotopic (exact) mass is 414 g/mol. The first-order chi connectivity index (χ1) is 13.9. The highest BCUT2D eigenvalue weighted by molar-refractivity contribution is 6.32. The fourth-order valence-electron chi connectivity index (χ4n) is 2.37. The molecule has 0 aromatic heterocycles. The third kappa shape index (κ3) is 5.74. The molecule has 2 aromatic carbocycles. The molecule has 0 fully saturated rings. The lowest BCUT2D eigenvalue weighted by Gasteiger charge is -2.13. The van der Waals surface area contributed by atoms with Crippen LogP contribution in [0.25, 0.3) is 6.08 Å². The Hall–Kier alpha value is -3.50. The van der Waals surface area contributed by atoms with Gasteiger partial charge < -0.3 is 19.5 Å². The summed E-state index contributed by atoms with van der Waals surface area (Å²) in [5.74, 6) is -0.738. The molecule has 1 amide bonds. The maximum absolute atomic E-state index is 12.5. The summed E-state index contributed by atoms with van der Waals surface area (Å²) in [4.78, 5) is 23.8. The highest BCUT2D eigenvalue weighted by atomic mass is 35.5. The number of amides is 1. The molecule has 0 saturated heterocycles. The predicted molar refractivity (Wildman–Crippen MR) is 109 cm³/mol. The van der Waals surface area contributed by atoms with E-state index in [0.29, 0.717) is 11.3 Å². The molecule has 7 nitrogen and oxygen atoms in total. The van der Waals surface area contributed by atoms with Crippen molar-refractivity contribution in [2.45, 2.75) is 6.92 Å². The minimum Gasteiger partial charge on any atom is -0.493 e. The van der Waals surface area contributed by atoms with Crippen molar-refractivity contribution in [3.05, 3.63) is 58.1 Å². The summed E-state index contributed by atoms with van der Waals surface area (Å²) in [6.07, 6.45) is 1.38. The molecular formula is C21H19ClN2O5. The van der Waals surface area contributed by atoms with Crippen molar-refractivity contribution < 1.29 is 23.8 Å². The number of anilines is 1. The third-order valence-electron chi connectivity index (χ3n) is 3.88. The minimum absolute atomic E-state index is 0.116. The SMILES string of the molecule is COC(=O)COc1c(Cl)cc(/C=C(/C#N)C(=O)Nc2ccccc2C)cc1OC. The van der Waals surface area contributed by atoms with Gasteiger partial charge in [0.1, 0.15) is 11.6 Å². The summed E-state index contributed by atoms with van der Waals surface area (Å²) < 4.78 is 15.1. The quantitative estimate of drug-likeness (QED) is 0.421. The van der Waals surface area contributed by atoms with E-state index in [0.717, 1.165) is 5.56 Å². The first-order valence-electron chi connectivity index (χ1n) is 8.45. The maximum Gasteiger partial charge on any atom is 0.343 e. The van der Waals surface area contributed by atoms with E-state index in [2.05, 4.69) is 10.1 Å². The maximum atomic E-state index is 12.5. The van der Waals surface area contributed by atoms with Gasteiger partial charge in [-0.25, -0.2) is 4.79 Å². The molecule has 29 heavy (non-hydrogen) atoms. The van der Waals surface area contributed by atoms with Crippen molar-refractivity contribution >= 4 is 35.2 Å². The Balaban J connectivity index is 2.29. The molecule has 0 atom stereocenters. The van der Waals surface area contributed by atoms with Gasteiger partial charge in [0.15, 0.2) is 18.1 Å². The number of rotatable bonds is 7. The number of halogens is 1. The van der Waals surface area contributed by atoms with Gasteiger partial charge in [-0.15, -0.1) is 0 Å². The Labute approximate surface area is 173 Å². The standard InChI is InChI=1S/C21H19ClN2O5/c1-13-6-4-5-7-17(13)24-21(26)15(11-23)8-14-9-16(22)20(18(10-14)27-2)29-12-19(25)28-3/h4-10H,12H2,1-3H3,(H,24,26)/b15-8-. The van der Waals surface area contributed by atoms with Gasteiger partial charge in [-0.05, 0) is 42.3 Å². The Morgan fingerprint density at radius 1 is 1.24 bits per heavy atom. The van der Waals surface area contributed by atoms with E-state index in [1.165, 1.54) is 32.4 Å². The number of aryl methyl sites for hydroxylation is 1. The van der Waals surface area contributed by atoms with Crippen LogP contribution in [-0.2, 0) is 14.3 Å². The largest absolute Gasteiger partial charge is 0.493 e. The number of hydrogen-bond donors (Lipinski definition) is 1. The minimum atomic E-state index is -0.577. The summed E-state index contributed by atoms with van der Waals surface area (Å²) in [7, 11) is 2.64. The van der Waals surface area contributed by atoms with Crippen LogP contribution in [0.1, 0.15) is 11.1 Å². The Morgan fingerprint density at radius 3 is 2.59 bits per heavy atom. The zero-order chi connectivity index (χ0) is 21.4. The fourth-order valence-corrected chi connectivity index (χ4v) is 2.64. The van der Waals surface area contributed by atoms with E-state index in [9.17, 15) is 14.9 Å². The molecule has 0 saturated carbocycles. The third-order valence-corrected chi connectivity index (χ3v) is 4.16. The first-order valence-corrected chi connectivity index (χ1v) is 8.83. The van der Waals surface area contributed by atoms with Crippen molar-refractivity contribution in [1.29, 1.82) is 5.26 Å². The van der Waals surface area contributed by atoms with Crippen LogP contribution < -0.4 is 14.8 Å². The zero-order valence-corrected chi connectivity index (χ0v) is 16.9. The van der Waals surface area contributed by atoms with E-state index < -0.39 is 11.9 Å². The molecular weight excluding hydrogens is 396 g/mol. The van der Waals surface area contributed by atoms with Crippen LogP contribution in [0, 0.1) is 18.3 Å². The van der Waals surface area contributed by atoms with Crippen LogP contribution in [-0.4, -0.2) is 32.7 Å². The number of ether oxygens (including phenoxy) is 3. The van der Waals surface area contributed by atoms with Crippen molar-refractivity contribution in [2.75, 3.05) is 26.1 Å². The summed E-state index contributed by atoms with van der Waals surface area (Å²) in [5.41, 5.74) is 1.82. The molecule has 2 rings (SSSR count). The van der Waals surface area contributed by atoms with Gasteiger partial charge in [0.25, 0.3) is 5.91 Å². The van der Waals surface area contributed by atoms with E-state index >= 15 is 0 Å². The molecule has 0 radical (unpaired) electrons. The van der Waals surface area contributed by atoms with E-state index in [4.69, 9.17) is 21.1 Å². The van der Waals surface area contributed by atoms with Crippen LogP contribution in [0.3, 0.4) is 0 Å². The average Bonchev–Trinajstić information content (AvgIpc) is 2.72. The number of nitrogens with one attached hydrogen (secondary N) is 1. The number of hydrogen-bond acceptors (Lipinski definition) is 6. The van der Waals surface area contributed by atoms with Gasteiger partial charge in [-0.3, -0.25) is 4.79 Å². The van der Waals surface area contributed by atoms with Crippen molar-refractivity contribution in [3.63, 3.8) is 0 Å². The first kappa shape index (κ1) is 21.8. The van der Waals surface area contributed by atoms with Gasteiger partial charge in [-0.2, -0.15) is 5.26 Å². The number of methoxy groups -OCH3 is 2. The summed E-state index contributed by atoms with van der Waals surface area (Å²) in [6.45, 7) is 1.51. The topological polar surface area (TPSA) is 97.7 Å². The number of benzene rings is 2.